The van der Waals surface area contributed by atoms with E-state index in [9.17, 15) is 9.59 Å². The zero-order valence-corrected chi connectivity index (χ0v) is 11.7. The van der Waals surface area contributed by atoms with Gasteiger partial charge in [0, 0.05) is 20.5 Å². The van der Waals surface area contributed by atoms with Crippen LogP contribution in [0.4, 0.5) is 0 Å². The first kappa shape index (κ1) is 14.0. The number of rotatable bonds is 4. The van der Waals surface area contributed by atoms with Gasteiger partial charge in [-0.25, -0.2) is 0 Å². The second kappa shape index (κ2) is 6.15. The van der Waals surface area contributed by atoms with Crippen molar-refractivity contribution in [3.05, 3.63) is 60.2 Å². The lowest BCUT2D eigenvalue weighted by Crippen LogP contribution is -2.31. The van der Waals surface area contributed by atoms with Gasteiger partial charge in [-0.2, -0.15) is 0 Å². The summed E-state index contributed by atoms with van der Waals surface area (Å²) in [6.07, 6.45) is 0. The van der Waals surface area contributed by atoms with Crippen molar-refractivity contribution in [2.24, 2.45) is 0 Å². The van der Waals surface area contributed by atoms with Crippen LogP contribution in [0.5, 0.6) is 0 Å². The largest absolute Gasteiger partial charge is 0.335 e. The van der Waals surface area contributed by atoms with Gasteiger partial charge in [0.2, 0.25) is 5.78 Å². The van der Waals surface area contributed by atoms with E-state index < -0.39 is 11.7 Å². The maximum Gasteiger partial charge on any atom is 0.289 e. The molecule has 0 spiro atoms. The fourth-order valence-electron chi connectivity index (χ4n) is 2.05. The molecule has 0 saturated heterocycles. The molecule has 0 aliphatic carbocycles. The Morgan fingerprint density at radius 3 is 2.00 bits per heavy atom. The zero-order chi connectivity index (χ0) is 14.5. The van der Waals surface area contributed by atoms with Gasteiger partial charge in [0.05, 0.1) is 0 Å². The number of nitrogens with zero attached hydrogens (tertiary/aromatic N) is 1. The number of Topliss-reactive ketones (excluding diaryl/α,β-unsaturated/α-hetero) is 1. The van der Waals surface area contributed by atoms with Crippen LogP contribution in [0.15, 0.2) is 54.6 Å². The maximum absolute atomic E-state index is 11.5. The van der Waals surface area contributed by atoms with Crippen LogP contribution in [-0.2, 0) is 16.1 Å². The Labute approximate surface area is 118 Å². The van der Waals surface area contributed by atoms with Crippen molar-refractivity contribution < 1.29 is 9.59 Å². The normalized spacial score (nSPS) is 10.1. The van der Waals surface area contributed by atoms with Crippen molar-refractivity contribution in [3.63, 3.8) is 0 Å². The Balaban J connectivity index is 2.09. The maximum atomic E-state index is 11.5. The van der Waals surface area contributed by atoms with E-state index in [1.165, 1.54) is 11.8 Å². The quantitative estimate of drug-likeness (QED) is 0.799. The smallest absolute Gasteiger partial charge is 0.289 e. The second-order valence-electron chi connectivity index (χ2n) is 4.78. The number of hydrogen-bond donors (Lipinski definition) is 0. The fraction of sp³-hybridized carbons (Fsp3) is 0.176. The first-order valence-electron chi connectivity index (χ1n) is 6.48. The minimum absolute atomic E-state index is 0.437. The number of amides is 1. The molecule has 0 aliphatic rings. The molecule has 2 rings (SSSR count). The molecule has 0 unspecified atom stereocenters. The Morgan fingerprint density at radius 1 is 0.900 bits per heavy atom. The molecule has 2 aromatic rings. The van der Waals surface area contributed by atoms with Crippen molar-refractivity contribution >= 4 is 11.7 Å². The first-order chi connectivity index (χ1) is 9.58. The minimum Gasteiger partial charge on any atom is -0.335 e. The van der Waals surface area contributed by atoms with E-state index in [4.69, 9.17) is 0 Å². The van der Waals surface area contributed by atoms with Crippen molar-refractivity contribution in [2.75, 3.05) is 7.05 Å². The highest BCUT2D eigenvalue weighted by molar-refractivity contribution is 6.34. The summed E-state index contributed by atoms with van der Waals surface area (Å²) in [5.41, 5.74) is 3.30. The predicted molar refractivity (Wildman–Crippen MR) is 79.0 cm³/mol. The van der Waals surface area contributed by atoms with Gasteiger partial charge in [-0.15, -0.1) is 0 Å². The molecule has 0 bridgehead atoms. The number of benzene rings is 2. The minimum atomic E-state index is -0.461. The van der Waals surface area contributed by atoms with Gasteiger partial charge in [-0.05, 0) is 16.7 Å². The number of ketones is 1. The van der Waals surface area contributed by atoms with Gasteiger partial charge in [-0.3, -0.25) is 9.59 Å². The summed E-state index contributed by atoms with van der Waals surface area (Å²) >= 11 is 0. The summed E-state index contributed by atoms with van der Waals surface area (Å²) < 4.78 is 0. The highest BCUT2D eigenvalue weighted by Crippen LogP contribution is 2.19. The number of carbonyl (C=O) groups excluding carboxylic acids is 2. The summed E-state index contributed by atoms with van der Waals surface area (Å²) in [5, 5.41) is 0. The molecule has 0 heterocycles. The summed E-state index contributed by atoms with van der Waals surface area (Å²) in [4.78, 5) is 24.0. The summed E-state index contributed by atoms with van der Waals surface area (Å²) in [5.74, 6) is -0.898. The summed E-state index contributed by atoms with van der Waals surface area (Å²) in [6, 6.07) is 18.1. The molecule has 1 amide bonds. The molecular formula is C17H17NO2. The van der Waals surface area contributed by atoms with Gasteiger partial charge in [-0.1, -0.05) is 54.6 Å². The number of likely N-dealkylation sites (N-methyl/N-ethyl adjacent to an activating group) is 1. The molecule has 3 nitrogen and oxygen atoms in total. The van der Waals surface area contributed by atoms with E-state index in [1.807, 2.05) is 42.5 Å². The van der Waals surface area contributed by atoms with E-state index in [0.29, 0.717) is 6.54 Å². The lowest BCUT2D eigenvalue weighted by atomic mass is 10.0. The predicted octanol–water partition coefficient (Wildman–Crippen LogP) is 2.90. The van der Waals surface area contributed by atoms with E-state index in [0.717, 1.165) is 16.7 Å². The molecule has 20 heavy (non-hydrogen) atoms. The van der Waals surface area contributed by atoms with Crippen LogP contribution in [0.1, 0.15) is 12.5 Å². The summed E-state index contributed by atoms with van der Waals surface area (Å²) in [6.45, 7) is 1.73. The lowest BCUT2D eigenvalue weighted by molar-refractivity contribution is -0.143. The van der Waals surface area contributed by atoms with Gasteiger partial charge in [0.1, 0.15) is 0 Å². The third kappa shape index (κ3) is 3.32. The molecule has 0 aromatic heterocycles. The topological polar surface area (TPSA) is 37.4 Å². The van der Waals surface area contributed by atoms with Crippen molar-refractivity contribution in [2.45, 2.75) is 13.5 Å². The molecule has 0 N–H and O–H groups in total. The molecule has 0 saturated carbocycles. The van der Waals surface area contributed by atoms with E-state index >= 15 is 0 Å². The van der Waals surface area contributed by atoms with Crippen LogP contribution in [-0.4, -0.2) is 23.6 Å². The van der Waals surface area contributed by atoms with Crippen molar-refractivity contribution in [3.8, 4) is 11.1 Å². The molecule has 0 radical (unpaired) electrons. The molecule has 2 aromatic carbocycles. The Morgan fingerprint density at radius 2 is 1.45 bits per heavy atom. The Kier molecular flexibility index (Phi) is 4.31. The monoisotopic (exact) mass is 267 g/mol. The average Bonchev–Trinajstić information content (AvgIpc) is 2.48. The molecule has 0 atom stereocenters. The third-order valence-corrected chi connectivity index (χ3v) is 3.13. The lowest BCUT2D eigenvalue weighted by Gasteiger charge is -2.15. The average molecular weight is 267 g/mol. The van der Waals surface area contributed by atoms with Crippen molar-refractivity contribution in [1.29, 1.82) is 0 Å². The van der Waals surface area contributed by atoms with Gasteiger partial charge < -0.3 is 4.90 Å². The van der Waals surface area contributed by atoms with Crippen LogP contribution in [0.3, 0.4) is 0 Å². The Hall–Kier alpha value is -2.42. The zero-order valence-electron chi connectivity index (χ0n) is 11.7. The van der Waals surface area contributed by atoms with E-state index in [-0.39, 0.29) is 0 Å². The molecule has 0 aliphatic heterocycles. The van der Waals surface area contributed by atoms with Crippen LogP contribution >= 0.6 is 0 Å². The van der Waals surface area contributed by atoms with E-state index in [2.05, 4.69) is 12.1 Å². The second-order valence-corrected chi connectivity index (χ2v) is 4.78. The van der Waals surface area contributed by atoms with Crippen molar-refractivity contribution in [1.82, 2.24) is 4.90 Å². The van der Waals surface area contributed by atoms with Gasteiger partial charge in [0.15, 0.2) is 0 Å². The number of hydrogen-bond acceptors (Lipinski definition) is 2. The first-order valence-corrected chi connectivity index (χ1v) is 6.48. The van der Waals surface area contributed by atoms with Gasteiger partial charge >= 0.3 is 0 Å². The summed E-state index contributed by atoms with van der Waals surface area (Å²) in [7, 11) is 1.63. The standard InChI is InChI=1S/C17H17NO2/c1-13(19)17(20)18(2)12-14-8-10-16(11-9-14)15-6-4-3-5-7-15/h3-11H,12H2,1-2H3. The molecule has 0 fully saturated rings. The van der Waals surface area contributed by atoms with Crippen LogP contribution in [0.25, 0.3) is 11.1 Å². The van der Waals surface area contributed by atoms with E-state index in [1.54, 1.807) is 7.05 Å². The Bertz CT molecular complexity index is 603. The molecule has 102 valence electrons. The fourth-order valence-corrected chi connectivity index (χ4v) is 2.05. The number of carbonyl (C=O) groups is 2. The molecular weight excluding hydrogens is 250 g/mol. The third-order valence-electron chi connectivity index (χ3n) is 3.13. The van der Waals surface area contributed by atoms with Crippen LogP contribution < -0.4 is 0 Å². The SMILES string of the molecule is CC(=O)C(=O)N(C)Cc1ccc(-c2ccccc2)cc1. The molecule has 3 heteroatoms. The van der Waals surface area contributed by atoms with Crippen LogP contribution in [0, 0.1) is 0 Å². The van der Waals surface area contributed by atoms with Gasteiger partial charge in [0.25, 0.3) is 5.91 Å². The highest BCUT2D eigenvalue weighted by atomic mass is 16.2. The highest BCUT2D eigenvalue weighted by Gasteiger charge is 2.13. The van der Waals surface area contributed by atoms with Crippen LogP contribution in [0.2, 0.25) is 0 Å².